The van der Waals surface area contributed by atoms with Gasteiger partial charge in [-0.3, -0.25) is 4.68 Å². The molecule has 1 saturated heterocycles. The predicted molar refractivity (Wildman–Crippen MR) is 112 cm³/mol. The van der Waals surface area contributed by atoms with Gasteiger partial charge in [0.2, 0.25) is 5.95 Å². The highest BCUT2D eigenvalue weighted by Crippen LogP contribution is 2.50. The van der Waals surface area contributed by atoms with Gasteiger partial charge in [0.15, 0.2) is 5.65 Å². The third-order valence-corrected chi connectivity index (χ3v) is 6.58. The van der Waals surface area contributed by atoms with Crippen LogP contribution in [0.2, 0.25) is 0 Å². The molecule has 1 aliphatic heterocycles. The van der Waals surface area contributed by atoms with Crippen LogP contribution in [0.3, 0.4) is 0 Å². The molecular weight excluding hydrogens is 421 g/mol. The summed E-state index contributed by atoms with van der Waals surface area (Å²) in [6.07, 6.45) is -0.521. The summed E-state index contributed by atoms with van der Waals surface area (Å²) in [7, 11) is 1.85. The van der Waals surface area contributed by atoms with Crippen molar-refractivity contribution in [1.29, 1.82) is 0 Å². The van der Waals surface area contributed by atoms with E-state index in [4.69, 9.17) is 14.7 Å². The Hall–Kier alpha value is -2.75. The van der Waals surface area contributed by atoms with Gasteiger partial charge in [0.1, 0.15) is 6.10 Å². The fourth-order valence-electron chi connectivity index (χ4n) is 4.45. The molecule has 0 aromatic carbocycles. The molecule has 0 bridgehead atoms. The van der Waals surface area contributed by atoms with Crippen molar-refractivity contribution in [2.75, 3.05) is 24.6 Å². The molecule has 4 heterocycles. The van der Waals surface area contributed by atoms with Gasteiger partial charge in [-0.25, -0.2) is 9.97 Å². The van der Waals surface area contributed by atoms with Gasteiger partial charge in [0, 0.05) is 42.4 Å². The summed E-state index contributed by atoms with van der Waals surface area (Å²) in [5.74, 6) is -1.01. The highest BCUT2D eigenvalue weighted by molar-refractivity contribution is 5.80. The smallest absolute Gasteiger partial charge is 0.370 e. The van der Waals surface area contributed by atoms with Crippen LogP contribution in [0.25, 0.3) is 11.0 Å². The molecule has 0 N–H and O–H groups in total. The molecule has 1 atom stereocenters. The fourth-order valence-corrected chi connectivity index (χ4v) is 4.45. The Morgan fingerprint density at radius 1 is 1.12 bits per heavy atom. The number of nitrogens with zero attached hydrogens (tertiary/aromatic N) is 6. The van der Waals surface area contributed by atoms with Crippen molar-refractivity contribution in [1.82, 2.24) is 24.7 Å². The van der Waals surface area contributed by atoms with Crippen molar-refractivity contribution in [3.63, 3.8) is 0 Å². The van der Waals surface area contributed by atoms with Gasteiger partial charge < -0.3 is 9.64 Å². The number of ether oxygens (including phenoxy) is 1. The summed E-state index contributed by atoms with van der Waals surface area (Å²) in [6, 6.07) is 1.95. The van der Waals surface area contributed by atoms with Crippen LogP contribution >= 0.6 is 0 Å². The van der Waals surface area contributed by atoms with Crippen LogP contribution in [0.5, 0.6) is 0 Å². The Morgan fingerprint density at radius 3 is 2.59 bits per heavy atom. The van der Waals surface area contributed by atoms with Crippen LogP contribution in [0.15, 0.2) is 18.5 Å². The Bertz CT molecular complexity index is 1150. The molecule has 3 aromatic heterocycles. The average Bonchev–Trinajstić information content (AvgIpc) is 3.13. The number of aryl methyl sites for hydroxylation is 3. The van der Waals surface area contributed by atoms with Crippen molar-refractivity contribution < 1.29 is 17.9 Å². The molecule has 7 nitrogen and oxygen atoms in total. The summed E-state index contributed by atoms with van der Waals surface area (Å²) in [5, 5.41) is 4.97. The molecule has 0 spiro atoms. The zero-order chi connectivity index (χ0) is 22.6. The van der Waals surface area contributed by atoms with Crippen LogP contribution in [-0.2, 0) is 11.8 Å². The third-order valence-electron chi connectivity index (χ3n) is 6.58. The Morgan fingerprint density at radius 2 is 1.91 bits per heavy atom. The predicted octanol–water partition coefficient (Wildman–Crippen LogP) is 4.01. The van der Waals surface area contributed by atoms with Gasteiger partial charge in [0.25, 0.3) is 0 Å². The molecule has 32 heavy (non-hydrogen) atoms. The minimum Gasteiger partial charge on any atom is -0.370 e. The number of fused-ring (bicyclic) bond motifs is 1. The van der Waals surface area contributed by atoms with E-state index in [1.807, 2.05) is 38.1 Å². The first kappa shape index (κ1) is 21.1. The zero-order valence-electron chi connectivity index (χ0n) is 18.2. The first-order chi connectivity index (χ1) is 15.2. The maximum absolute atomic E-state index is 13.1. The Labute approximate surface area is 183 Å². The maximum Gasteiger partial charge on any atom is 0.391 e. The van der Waals surface area contributed by atoms with E-state index in [0.717, 1.165) is 22.2 Å². The number of hydrogen-bond donors (Lipinski definition) is 0. The second-order valence-electron chi connectivity index (χ2n) is 8.83. The number of anilines is 1. The van der Waals surface area contributed by atoms with Crippen LogP contribution in [0.1, 0.15) is 47.4 Å². The molecule has 1 aliphatic carbocycles. The van der Waals surface area contributed by atoms with Crippen molar-refractivity contribution in [2.45, 2.75) is 44.9 Å². The number of pyridine rings is 1. The van der Waals surface area contributed by atoms with E-state index in [1.54, 1.807) is 10.9 Å². The van der Waals surface area contributed by atoms with Gasteiger partial charge in [-0.2, -0.15) is 23.3 Å². The van der Waals surface area contributed by atoms with Gasteiger partial charge in [0.05, 0.1) is 31.0 Å². The molecule has 2 aliphatic rings. The quantitative estimate of drug-likeness (QED) is 0.606. The number of hydrogen-bond acceptors (Lipinski definition) is 6. The first-order valence-electron chi connectivity index (χ1n) is 10.8. The van der Waals surface area contributed by atoms with E-state index in [1.165, 1.54) is 0 Å². The van der Waals surface area contributed by atoms with E-state index < -0.39 is 12.1 Å². The lowest BCUT2D eigenvalue weighted by atomic mass is 9.72. The normalized spacial score (nSPS) is 24.1. The minimum absolute atomic E-state index is 0.0589. The average molecular weight is 446 g/mol. The standard InChI is InChI=1S/C22H25F3N6O/c1-12-6-17-19(14-7-16(8-14)22(23,24)25)28-21(29-20(17)27-13(12)2)31-4-5-32-18(11-31)15-9-26-30(3)10-15/h6,9-10,14,16,18H,4-5,7-8,11H2,1-3H3/t14-,16+,18-/m0/s1. The number of rotatable bonds is 3. The van der Waals surface area contributed by atoms with E-state index in [9.17, 15) is 13.2 Å². The van der Waals surface area contributed by atoms with Gasteiger partial charge in [-0.15, -0.1) is 0 Å². The molecule has 3 aromatic rings. The molecule has 0 unspecified atom stereocenters. The van der Waals surface area contributed by atoms with E-state index in [2.05, 4.69) is 10.1 Å². The minimum atomic E-state index is -4.16. The Kier molecular flexibility index (Phi) is 5.07. The van der Waals surface area contributed by atoms with Gasteiger partial charge in [-0.1, -0.05) is 0 Å². The lowest BCUT2D eigenvalue weighted by Gasteiger charge is -2.37. The molecule has 2 fully saturated rings. The summed E-state index contributed by atoms with van der Waals surface area (Å²) in [4.78, 5) is 16.2. The SMILES string of the molecule is Cc1cc2c(nc(N3CCO[C@H](c4cnn(C)c4)C3)nc2[C@H]2C[C@@H](C(F)(F)F)C2)nc1C. The molecule has 5 rings (SSSR count). The summed E-state index contributed by atoms with van der Waals surface area (Å²) in [5.41, 5.74) is 4.00. The molecule has 170 valence electrons. The van der Waals surface area contributed by atoms with Crippen molar-refractivity contribution in [3.8, 4) is 0 Å². The molecule has 10 heteroatoms. The Balaban J connectivity index is 1.50. The van der Waals surface area contributed by atoms with Crippen LogP contribution in [0, 0.1) is 19.8 Å². The zero-order valence-corrected chi connectivity index (χ0v) is 18.2. The molecular formula is C22H25F3N6O. The summed E-state index contributed by atoms with van der Waals surface area (Å²) >= 11 is 0. The topological polar surface area (TPSA) is 69.0 Å². The van der Waals surface area contributed by atoms with Crippen LogP contribution in [0.4, 0.5) is 19.1 Å². The molecule has 0 amide bonds. The van der Waals surface area contributed by atoms with Gasteiger partial charge in [-0.05, 0) is 38.3 Å². The van der Waals surface area contributed by atoms with E-state index in [0.29, 0.717) is 37.0 Å². The first-order valence-corrected chi connectivity index (χ1v) is 10.8. The van der Waals surface area contributed by atoms with Crippen molar-refractivity contribution in [3.05, 3.63) is 41.0 Å². The van der Waals surface area contributed by atoms with E-state index >= 15 is 0 Å². The summed E-state index contributed by atoms with van der Waals surface area (Å²) in [6.45, 7) is 5.49. The number of halogens is 3. The number of alkyl halides is 3. The number of aromatic nitrogens is 5. The lowest BCUT2D eigenvalue weighted by Crippen LogP contribution is -2.40. The monoisotopic (exact) mass is 446 g/mol. The second kappa shape index (κ2) is 7.68. The van der Waals surface area contributed by atoms with Gasteiger partial charge >= 0.3 is 6.18 Å². The van der Waals surface area contributed by atoms with Crippen LogP contribution in [-0.4, -0.2) is 50.6 Å². The highest BCUT2D eigenvalue weighted by atomic mass is 19.4. The molecule has 1 saturated carbocycles. The highest BCUT2D eigenvalue weighted by Gasteiger charge is 2.49. The largest absolute Gasteiger partial charge is 0.391 e. The fraction of sp³-hybridized carbons (Fsp3) is 0.545. The van der Waals surface area contributed by atoms with Crippen molar-refractivity contribution in [2.24, 2.45) is 13.0 Å². The molecule has 0 radical (unpaired) electrons. The maximum atomic E-state index is 13.1. The summed E-state index contributed by atoms with van der Waals surface area (Å²) < 4.78 is 47.0. The van der Waals surface area contributed by atoms with Crippen LogP contribution < -0.4 is 4.90 Å². The number of morpholine rings is 1. The van der Waals surface area contributed by atoms with E-state index in [-0.39, 0.29) is 24.9 Å². The second-order valence-corrected chi connectivity index (χ2v) is 8.83. The third kappa shape index (κ3) is 3.80. The lowest BCUT2D eigenvalue weighted by molar-refractivity contribution is -0.197. The van der Waals surface area contributed by atoms with Crippen molar-refractivity contribution >= 4 is 17.0 Å².